The van der Waals surface area contributed by atoms with Gasteiger partial charge in [-0.3, -0.25) is 0 Å². The van der Waals surface area contributed by atoms with E-state index in [1.54, 1.807) is 14.0 Å². The molecule has 0 saturated carbocycles. The third-order valence-corrected chi connectivity index (χ3v) is 2.31. The molecule has 0 saturated heterocycles. The average Bonchev–Trinajstić information content (AvgIpc) is 2.36. The van der Waals surface area contributed by atoms with Crippen LogP contribution >= 0.6 is 0 Å². The third kappa shape index (κ3) is 4.66. The fourth-order valence-electron chi connectivity index (χ4n) is 1.49. The minimum Gasteiger partial charge on any atom is -0.493 e. The van der Waals surface area contributed by atoms with Crippen LogP contribution in [-0.2, 0) is 6.54 Å². The van der Waals surface area contributed by atoms with Gasteiger partial charge in [0, 0.05) is 13.1 Å². The van der Waals surface area contributed by atoms with Gasteiger partial charge in [-0.15, -0.1) is 6.42 Å². The van der Waals surface area contributed by atoms with Gasteiger partial charge in [0.15, 0.2) is 11.5 Å². The second-order valence-corrected chi connectivity index (χ2v) is 3.96. The SMILES string of the molecule is C#CCOc1ccc(CNC[C@H](C)O)cc1OC. The highest BCUT2D eigenvalue weighted by atomic mass is 16.5. The van der Waals surface area contributed by atoms with Crippen molar-refractivity contribution in [3.05, 3.63) is 23.8 Å². The van der Waals surface area contributed by atoms with Crippen LogP contribution in [0.15, 0.2) is 18.2 Å². The summed E-state index contributed by atoms with van der Waals surface area (Å²) in [6.45, 7) is 3.18. The third-order valence-electron chi connectivity index (χ3n) is 2.31. The molecule has 0 spiro atoms. The van der Waals surface area contributed by atoms with E-state index in [-0.39, 0.29) is 12.7 Å². The summed E-state index contributed by atoms with van der Waals surface area (Å²) in [5, 5.41) is 12.3. The van der Waals surface area contributed by atoms with E-state index in [1.807, 2.05) is 18.2 Å². The second kappa shape index (κ2) is 7.59. The molecule has 0 bridgehead atoms. The first-order chi connectivity index (χ1) is 8.67. The maximum atomic E-state index is 9.15. The topological polar surface area (TPSA) is 50.7 Å². The summed E-state index contributed by atoms with van der Waals surface area (Å²) in [5.41, 5.74) is 1.06. The van der Waals surface area contributed by atoms with Crippen LogP contribution < -0.4 is 14.8 Å². The Morgan fingerprint density at radius 1 is 1.44 bits per heavy atom. The molecule has 18 heavy (non-hydrogen) atoms. The van der Waals surface area contributed by atoms with Crippen LogP contribution in [0.3, 0.4) is 0 Å². The molecule has 4 nitrogen and oxygen atoms in total. The largest absolute Gasteiger partial charge is 0.493 e. The van der Waals surface area contributed by atoms with Crippen LogP contribution in [-0.4, -0.2) is 31.5 Å². The van der Waals surface area contributed by atoms with Crippen LogP contribution in [0.2, 0.25) is 0 Å². The van der Waals surface area contributed by atoms with Crippen molar-refractivity contribution in [2.24, 2.45) is 0 Å². The number of hydrogen-bond acceptors (Lipinski definition) is 4. The van der Waals surface area contributed by atoms with Crippen molar-refractivity contribution in [3.63, 3.8) is 0 Å². The molecular weight excluding hydrogens is 230 g/mol. The van der Waals surface area contributed by atoms with Crippen molar-refractivity contribution < 1.29 is 14.6 Å². The lowest BCUT2D eigenvalue weighted by molar-refractivity contribution is 0.191. The second-order valence-electron chi connectivity index (χ2n) is 3.96. The average molecular weight is 249 g/mol. The minimum absolute atomic E-state index is 0.218. The van der Waals surface area contributed by atoms with Gasteiger partial charge >= 0.3 is 0 Å². The molecule has 1 rings (SSSR count). The van der Waals surface area contributed by atoms with Crippen molar-refractivity contribution in [2.75, 3.05) is 20.3 Å². The van der Waals surface area contributed by atoms with Crippen molar-refractivity contribution >= 4 is 0 Å². The molecule has 4 heteroatoms. The maximum absolute atomic E-state index is 9.15. The zero-order valence-corrected chi connectivity index (χ0v) is 10.8. The zero-order chi connectivity index (χ0) is 13.4. The number of methoxy groups -OCH3 is 1. The van der Waals surface area contributed by atoms with Gasteiger partial charge in [0.25, 0.3) is 0 Å². The summed E-state index contributed by atoms with van der Waals surface area (Å²) >= 11 is 0. The van der Waals surface area contributed by atoms with Gasteiger partial charge in [0.05, 0.1) is 13.2 Å². The van der Waals surface area contributed by atoms with Crippen LogP contribution in [0.1, 0.15) is 12.5 Å². The van der Waals surface area contributed by atoms with Gasteiger partial charge in [0.1, 0.15) is 6.61 Å². The van der Waals surface area contributed by atoms with Crippen LogP contribution in [0.4, 0.5) is 0 Å². The molecule has 98 valence electrons. The Hall–Kier alpha value is -1.70. The Labute approximate surface area is 108 Å². The molecule has 0 amide bonds. The highest BCUT2D eigenvalue weighted by Crippen LogP contribution is 2.27. The lowest BCUT2D eigenvalue weighted by Gasteiger charge is -2.11. The molecule has 0 aliphatic carbocycles. The molecule has 0 heterocycles. The molecule has 0 unspecified atom stereocenters. The maximum Gasteiger partial charge on any atom is 0.162 e. The Balaban J connectivity index is 2.64. The minimum atomic E-state index is -0.356. The first-order valence-corrected chi connectivity index (χ1v) is 5.79. The van der Waals surface area contributed by atoms with E-state index in [0.29, 0.717) is 24.6 Å². The zero-order valence-electron chi connectivity index (χ0n) is 10.8. The first-order valence-electron chi connectivity index (χ1n) is 5.79. The summed E-state index contributed by atoms with van der Waals surface area (Å²) in [4.78, 5) is 0. The normalized spacial score (nSPS) is 11.7. The fourth-order valence-corrected chi connectivity index (χ4v) is 1.49. The Kier molecular flexibility index (Phi) is 6.06. The Bertz CT molecular complexity index is 410. The van der Waals surface area contributed by atoms with Crippen molar-refractivity contribution in [1.29, 1.82) is 0 Å². The number of ether oxygens (including phenoxy) is 2. The van der Waals surface area contributed by atoms with Gasteiger partial charge in [-0.05, 0) is 24.6 Å². The molecule has 1 aromatic carbocycles. The summed E-state index contributed by atoms with van der Waals surface area (Å²) in [7, 11) is 1.59. The van der Waals surface area contributed by atoms with Crippen molar-refractivity contribution in [3.8, 4) is 23.8 Å². The number of aliphatic hydroxyl groups is 1. The van der Waals surface area contributed by atoms with E-state index in [9.17, 15) is 0 Å². The number of terminal acetylenes is 1. The van der Waals surface area contributed by atoms with Crippen molar-refractivity contribution in [2.45, 2.75) is 19.6 Å². The first kappa shape index (κ1) is 14.4. The predicted octanol–water partition coefficient (Wildman–Crippen LogP) is 1.18. The molecule has 1 aromatic rings. The van der Waals surface area contributed by atoms with E-state index in [2.05, 4.69) is 11.2 Å². The summed E-state index contributed by atoms with van der Waals surface area (Å²) in [5.74, 6) is 3.70. The molecule has 2 N–H and O–H groups in total. The highest BCUT2D eigenvalue weighted by molar-refractivity contribution is 5.43. The number of hydrogen-bond donors (Lipinski definition) is 2. The number of nitrogens with one attached hydrogen (secondary N) is 1. The smallest absolute Gasteiger partial charge is 0.162 e. The standard InChI is InChI=1S/C14H19NO3/c1-4-7-18-13-6-5-12(8-14(13)17-3)10-15-9-11(2)16/h1,5-6,8,11,15-16H,7,9-10H2,2-3H3/t11-/m0/s1. The number of rotatable bonds is 7. The molecule has 0 radical (unpaired) electrons. The van der Waals surface area contributed by atoms with Crippen LogP contribution in [0.25, 0.3) is 0 Å². The molecule has 0 fully saturated rings. The fraction of sp³-hybridized carbons (Fsp3) is 0.429. The van der Waals surface area contributed by atoms with E-state index in [4.69, 9.17) is 21.0 Å². The summed E-state index contributed by atoms with van der Waals surface area (Å²) in [6, 6.07) is 5.65. The van der Waals surface area contributed by atoms with E-state index in [0.717, 1.165) is 5.56 Å². The van der Waals surface area contributed by atoms with E-state index >= 15 is 0 Å². The number of benzene rings is 1. The Morgan fingerprint density at radius 2 is 2.22 bits per heavy atom. The molecule has 0 aliphatic heterocycles. The lowest BCUT2D eigenvalue weighted by atomic mass is 10.2. The van der Waals surface area contributed by atoms with Gasteiger partial charge in [0.2, 0.25) is 0 Å². The van der Waals surface area contributed by atoms with E-state index < -0.39 is 0 Å². The van der Waals surface area contributed by atoms with Gasteiger partial charge < -0.3 is 19.9 Å². The quantitative estimate of drug-likeness (QED) is 0.712. The van der Waals surface area contributed by atoms with Crippen LogP contribution in [0.5, 0.6) is 11.5 Å². The summed E-state index contributed by atoms with van der Waals surface area (Å²) in [6.07, 6.45) is 4.79. The lowest BCUT2D eigenvalue weighted by Crippen LogP contribution is -2.23. The molecule has 1 atom stereocenters. The summed E-state index contributed by atoms with van der Waals surface area (Å²) < 4.78 is 10.6. The predicted molar refractivity (Wildman–Crippen MR) is 70.7 cm³/mol. The van der Waals surface area contributed by atoms with E-state index in [1.165, 1.54) is 0 Å². The number of aliphatic hydroxyl groups excluding tert-OH is 1. The van der Waals surface area contributed by atoms with Gasteiger partial charge in [-0.1, -0.05) is 12.0 Å². The van der Waals surface area contributed by atoms with Crippen LogP contribution in [0, 0.1) is 12.3 Å². The highest BCUT2D eigenvalue weighted by Gasteiger charge is 2.05. The van der Waals surface area contributed by atoms with Crippen molar-refractivity contribution in [1.82, 2.24) is 5.32 Å². The monoisotopic (exact) mass is 249 g/mol. The van der Waals surface area contributed by atoms with Gasteiger partial charge in [-0.2, -0.15) is 0 Å². The Morgan fingerprint density at radius 3 is 2.83 bits per heavy atom. The molecule has 0 aliphatic rings. The molecule has 0 aromatic heterocycles. The van der Waals surface area contributed by atoms with Gasteiger partial charge in [-0.25, -0.2) is 0 Å². The molecular formula is C14H19NO3.